The summed E-state index contributed by atoms with van der Waals surface area (Å²) < 4.78 is 17.1. The number of nitrogens with one attached hydrogen (secondary N) is 1. The zero-order valence-electron chi connectivity index (χ0n) is 12.9. The molecule has 1 heterocycles. The minimum Gasteiger partial charge on any atom is -0.493 e. The van der Waals surface area contributed by atoms with Crippen LogP contribution >= 0.6 is 15.9 Å². The van der Waals surface area contributed by atoms with Gasteiger partial charge in [-0.2, -0.15) is 0 Å². The second-order valence-corrected chi connectivity index (χ2v) is 6.29. The van der Waals surface area contributed by atoms with Gasteiger partial charge in [0.2, 0.25) is 0 Å². The fourth-order valence-electron chi connectivity index (χ4n) is 2.73. The lowest BCUT2D eigenvalue weighted by molar-refractivity contribution is 0.0558. The smallest absolute Gasteiger partial charge is 0.174 e. The molecule has 0 aliphatic carbocycles. The van der Waals surface area contributed by atoms with Gasteiger partial charge in [0, 0.05) is 25.8 Å². The van der Waals surface area contributed by atoms with Gasteiger partial charge in [0.25, 0.3) is 0 Å². The molecule has 21 heavy (non-hydrogen) atoms. The van der Waals surface area contributed by atoms with Crippen molar-refractivity contribution in [3.8, 4) is 11.5 Å². The first kappa shape index (κ1) is 16.6. The number of hydrogen-bond donors (Lipinski definition) is 1. The number of methoxy groups -OCH3 is 2. The molecule has 118 valence electrons. The lowest BCUT2D eigenvalue weighted by Gasteiger charge is -2.28. The molecule has 1 atom stereocenters. The highest BCUT2D eigenvalue weighted by Crippen LogP contribution is 2.36. The largest absolute Gasteiger partial charge is 0.493 e. The number of halogens is 1. The highest BCUT2D eigenvalue weighted by atomic mass is 79.9. The molecule has 0 amide bonds. The maximum Gasteiger partial charge on any atom is 0.174 e. The SMILES string of the molecule is COc1cc(CNC(C)C2CCOCC2)cc(Br)c1OC. The van der Waals surface area contributed by atoms with Crippen LogP contribution < -0.4 is 14.8 Å². The van der Waals surface area contributed by atoms with E-state index < -0.39 is 0 Å². The number of hydrogen-bond acceptors (Lipinski definition) is 4. The van der Waals surface area contributed by atoms with Crippen molar-refractivity contribution in [3.63, 3.8) is 0 Å². The molecule has 5 heteroatoms. The van der Waals surface area contributed by atoms with Crippen LogP contribution in [0, 0.1) is 5.92 Å². The van der Waals surface area contributed by atoms with E-state index in [-0.39, 0.29) is 0 Å². The van der Waals surface area contributed by atoms with Crippen LogP contribution in [-0.4, -0.2) is 33.5 Å². The highest BCUT2D eigenvalue weighted by Gasteiger charge is 2.20. The van der Waals surface area contributed by atoms with Gasteiger partial charge in [-0.05, 0) is 59.3 Å². The van der Waals surface area contributed by atoms with Crippen LogP contribution in [0.1, 0.15) is 25.3 Å². The molecular weight excluding hydrogens is 334 g/mol. The number of ether oxygens (including phenoxy) is 3. The topological polar surface area (TPSA) is 39.7 Å². The maximum atomic E-state index is 5.42. The summed E-state index contributed by atoms with van der Waals surface area (Å²) in [6, 6.07) is 4.58. The average molecular weight is 358 g/mol. The van der Waals surface area contributed by atoms with Crippen molar-refractivity contribution in [2.75, 3.05) is 27.4 Å². The third-order valence-electron chi connectivity index (χ3n) is 4.09. The molecule has 0 spiro atoms. The van der Waals surface area contributed by atoms with Crippen molar-refractivity contribution in [1.29, 1.82) is 0 Å². The second-order valence-electron chi connectivity index (χ2n) is 5.43. The summed E-state index contributed by atoms with van der Waals surface area (Å²) in [5, 5.41) is 3.61. The van der Waals surface area contributed by atoms with Crippen molar-refractivity contribution >= 4 is 15.9 Å². The molecule has 0 aromatic heterocycles. The Morgan fingerprint density at radius 2 is 2.00 bits per heavy atom. The number of rotatable bonds is 6. The van der Waals surface area contributed by atoms with E-state index in [4.69, 9.17) is 14.2 Å². The van der Waals surface area contributed by atoms with Crippen LogP contribution in [0.4, 0.5) is 0 Å². The molecule has 0 bridgehead atoms. The summed E-state index contributed by atoms with van der Waals surface area (Å²) in [5.41, 5.74) is 1.18. The fourth-order valence-corrected chi connectivity index (χ4v) is 3.39. The summed E-state index contributed by atoms with van der Waals surface area (Å²) in [7, 11) is 3.31. The van der Waals surface area contributed by atoms with Crippen LogP contribution in [0.5, 0.6) is 11.5 Å². The molecule has 1 aliphatic heterocycles. The van der Waals surface area contributed by atoms with Gasteiger partial charge < -0.3 is 19.5 Å². The lowest BCUT2D eigenvalue weighted by atomic mass is 9.93. The third-order valence-corrected chi connectivity index (χ3v) is 4.68. The fraction of sp³-hybridized carbons (Fsp3) is 0.625. The quantitative estimate of drug-likeness (QED) is 0.847. The summed E-state index contributed by atoms with van der Waals surface area (Å²) in [6.45, 7) is 4.85. The Balaban J connectivity index is 1.97. The molecule has 1 fully saturated rings. The van der Waals surface area contributed by atoms with E-state index in [1.807, 2.05) is 6.07 Å². The monoisotopic (exact) mass is 357 g/mol. The Labute approximate surface area is 135 Å². The Hall–Kier alpha value is -0.780. The molecule has 1 unspecified atom stereocenters. The van der Waals surface area contributed by atoms with Crippen LogP contribution in [0.25, 0.3) is 0 Å². The van der Waals surface area contributed by atoms with Gasteiger partial charge in [0.1, 0.15) is 0 Å². The molecule has 1 aromatic rings. The van der Waals surface area contributed by atoms with Gasteiger partial charge in [0.15, 0.2) is 11.5 Å². The summed E-state index contributed by atoms with van der Waals surface area (Å²) in [5.74, 6) is 2.18. The maximum absolute atomic E-state index is 5.42. The zero-order valence-corrected chi connectivity index (χ0v) is 14.5. The molecule has 0 radical (unpaired) electrons. The highest BCUT2D eigenvalue weighted by molar-refractivity contribution is 9.10. The van der Waals surface area contributed by atoms with Crippen molar-refractivity contribution in [3.05, 3.63) is 22.2 Å². The molecule has 1 aromatic carbocycles. The van der Waals surface area contributed by atoms with E-state index in [1.54, 1.807) is 14.2 Å². The molecular formula is C16H24BrNO3. The van der Waals surface area contributed by atoms with E-state index >= 15 is 0 Å². The molecule has 1 N–H and O–H groups in total. The molecule has 2 rings (SSSR count). The van der Waals surface area contributed by atoms with Gasteiger partial charge in [-0.1, -0.05) is 0 Å². The van der Waals surface area contributed by atoms with Crippen LogP contribution in [0.3, 0.4) is 0 Å². The third kappa shape index (κ3) is 4.34. The molecule has 1 aliphatic rings. The van der Waals surface area contributed by atoms with E-state index in [0.717, 1.165) is 48.6 Å². The Morgan fingerprint density at radius 3 is 2.62 bits per heavy atom. The van der Waals surface area contributed by atoms with Gasteiger partial charge in [-0.15, -0.1) is 0 Å². The first-order chi connectivity index (χ1) is 10.2. The van der Waals surface area contributed by atoms with Crippen molar-refractivity contribution in [2.24, 2.45) is 5.92 Å². The van der Waals surface area contributed by atoms with Gasteiger partial charge in [-0.3, -0.25) is 0 Å². The number of benzene rings is 1. The van der Waals surface area contributed by atoms with Crippen LogP contribution in [0.2, 0.25) is 0 Å². The summed E-state index contributed by atoms with van der Waals surface area (Å²) >= 11 is 3.53. The van der Waals surface area contributed by atoms with E-state index in [1.165, 1.54) is 5.56 Å². The van der Waals surface area contributed by atoms with Crippen molar-refractivity contribution in [1.82, 2.24) is 5.32 Å². The molecule has 4 nitrogen and oxygen atoms in total. The summed E-state index contributed by atoms with van der Waals surface area (Å²) in [6.07, 6.45) is 2.29. The van der Waals surface area contributed by atoms with Gasteiger partial charge in [-0.25, -0.2) is 0 Å². The Bertz CT molecular complexity index is 461. The van der Waals surface area contributed by atoms with Crippen molar-refractivity contribution < 1.29 is 14.2 Å². The molecule has 1 saturated heterocycles. The molecule has 0 saturated carbocycles. The minimum atomic E-state index is 0.487. The first-order valence-corrected chi connectivity index (χ1v) is 8.16. The zero-order chi connectivity index (χ0) is 15.2. The van der Waals surface area contributed by atoms with Crippen LogP contribution in [0.15, 0.2) is 16.6 Å². The van der Waals surface area contributed by atoms with E-state index in [2.05, 4.69) is 34.2 Å². The Morgan fingerprint density at radius 1 is 1.29 bits per heavy atom. The lowest BCUT2D eigenvalue weighted by Crippen LogP contribution is -2.36. The average Bonchev–Trinajstić information content (AvgIpc) is 2.52. The first-order valence-electron chi connectivity index (χ1n) is 7.37. The summed E-state index contributed by atoms with van der Waals surface area (Å²) in [4.78, 5) is 0. The van der Waals surface area contributed by atoms with Gasteiger partial charge >= 0.3 is 0 Å². The van der Waals surface area contributed by atoms with Crippen molar-refractivity contribution in [2.45, 2.75) is 32.4 Å². The second kappa shape index (κ2) is 8.01. The predicted octanol–water partition coefficient (Wildman–Crippen LogP) is 3.37. The minimum absolute atomic E-state index is 0.487. The van der Waals surface area contributed by atoms with Gasteiger partial charge in [0.05, 0.1) is 18.7 Å². The normalized spacial score (nSPS) is 17.5. The predicted molar refractivity (Wildman–Crippen MR) is 87.1 cm³/mol. The standard InChI is InChI=1S/C16H24BrNO3/c1-11(13-4-6-21-7-5-13)18-10-12-8-14(17)16(20-3)15(9-12)19-2/h8-9,11,13,18H,4-7,10H2,1-3H3. The Kier molecular flexibility index (Phi) is 6.33. The van der Waals surface area contributed by atoms with E-state index in [0.29, 0.717) is 12.0 Å². The van der Waals surface area contributed by atoms with Crippen LogP contribution in [-0.2, 0) is 11.3 Å². The van der Waals surface area contributed by atoms with E-state index in [9.17, 15) is 0 Å².